The maximum absolute atomic E-state index is 10.1. The van der Waals surface area contributed by atoms with E-state index in [9.17, 15) is 5.11 Å². The molecule has 1 aliphatic heterocycles. The third-order valence-electron chi connectivity index (χ3n) is 4.88. The Balaban J connectivity index is 1.88. The summed E-state index contributed by atoms with van der Waals surface area (Å²) in [5.41, 5.74) is 2.90. The Morgan fingerprint density at radius 3 is 2.65 bits per heavy atom. The molecule has 2 N–H and O–H groups in total. The number of nitrogens with one attached hydrogen (secondary N) is 1. The molecule has 2 aromatic rings. The maximum Gasteiger partial charge on any atom is 0.158 e. The average Bonchev–Trinajstić information content (AvgIpc) is 2.65. The predicted octanol–water partition coefficient (Wildman–Crippen LogP) is 3.07. The van der Waals surface area contributed by atoms with E-state index in [4.69, 9.17) is 4.74 Å². The molecule has 1 aromatic heterocycles. The van der Waals surface area contributed by atoms with Crippen molar-refractivity contribution in [2.75, 3.05) is 26.2 Å². The maximum atomic E-state index is 10.1. The number of aromatic hydroxyl groups is 1. The van der Waals surface area contributed by atoms with E-state index in [0.717, 1.165) is 55.2 Å². The van der Waals surface area contributed by atoms with E-state index in [2.05, 4.69) is 29.0 Å². The Morgan fingerprint density at radius 2 is 2.00 bits per heavy atom. The van der Waals surface area contributed by atoms with Crippen LogP contribution in [0.25, 0.3) is 0 Å². The van der Waals surface area contributed by atoms with Crippen molar-refractivity contribution in [1.29, 1.82) is 0 Å². The third-order valence-corrected chi connectivity index (χ3v) is 4.88. The van der Waals surface area contributed by atoms with Crippen LogP contribution in [-0.4, -0.2) is 47.4 Å². The zero-order chi connectivity index (χ0) is 18.5. The molecular formula is C21H29N3O2. The summed E-state index contributed by atoms with van der Waals surface area (Å²) in [6.07, 6.45) is 2.49. The fourth-order valence-corrected chi connectivity index (χ4v) is 3.30. The lowest BCUT2D eigenvalue weighted by molar-refractivity contribution is 0.0158. The molecule has 26 heavy (non-hydrogen) atoms. The zero-order valence-corrected chi connectivity index (χ0v) is 15.9. The van der Waals surface area contributed by atoms with Crippen molar-refractivity contribution in [2.45, 2.75) is 39.3 Å². The lowest BCUT2D eigenvalue weighted by atomic mass is 9.99. The summed E-state index contributed by atoms with van der Waals surface area (Å²) in [4.78, 5) is 6.85. The second-order valence-corrected chi connectivity index (χ2v) is 7.21. The fourth-order valence-electron chi connectivity index (χ4n) is 3.30. The molecule has 1 aromatic carbocycles. The van der Waals surface area contributed by atoms with Gasteiger partial charge in [0.2, 0.25) is 0 Å². The number of aryl methyl sites for hydroxylation is 1. The first-order valence-corrected chi connectivity index (χ1v) is 9.39. The van der Waals surface area contributed by atoms with Crippen LogP contribution in [-0.2, 0) is 6.42 Å². The molecule has 1 unspecified atom stereocenters. The van der Waals surface area contributed by atoms with Crippen molar-refractivity contribution in [2.24, 2.45) is 0 Å². The number of hydrogen-bond donors (Lipinski definition) is 2. The smallest absolute Gasteiger partial charge is 0.158 e. The minimum absolute atomic E-state index is 0.0755. The van der Waals surface area contributed by atoms with Crippen molar-refractivity contribution < 1.29 is 9.84 Å². The lowest BCUT2D eigenvalue weighted by Crippen LogP contribution is -2.51. The van der Waals surface area contributed by atoms with Crippen LogP contribution >= 0.6 is 0 Å². The molecule has 0 radical (unpaired) electrons. The first kappa shape index (κ1) is 18.7. The van der Waals surface area contributed by atoms with Gasteiger partial charge in [0.15, 0.2) is 6.23 Å². The molecular weight excluding hydrogens is 326 g/mol. The van der Waals surface area contributed by atoms with Gasteiger partial charge in [0.05, 0.1) is 0 Å². The van der Waals surface area contributed by atoms with E-state index in [1.165, 1.54) is 0 Å². The summed E-state index contributed by atoms with van der Waals surface area (Å²) >= 11 is 0. The van der Waals surface area contributed by atoms with Crippen molar-refractivity contribution in [3.63, 3.8) is 0 Å². The lowest BCUT2D eigenvalue weighted by Gasteiger charge is -2.35. The molecule has 1 aliphatic rings. The molecule has 3 rings (SSSR count). The van der Waals surface area contributed by atoms with Crippen LogP contribution in [0.15, 0.2) is 36.5 Å². The van der Waals surface area contributed by atoms with Gasteiger partial charge >= 0.3 is 0 Å². The normalized spacial score (nSPS) is 16.6. The number of aromatic nitrogens is 1. The van der Waals surface area contributed by atoms with Gasteiger partial charge in [0, 0.05) is 50.1 Å². The van der Waals surface area contributed by atoms with Gasteiger partial charge in [-0.25, -0.2) is 0 Å². The number of pyridine rings is 1. The largest absolute Gasteiger partial charge is 0.508 e. The Bertz CT molecular complexity index is 713. The van der Waals surface area contributed by atoms with Crippen LogP contribution in [0.4, 0.5) is 0 Å². The van der Waals surface area contributed by atoms with E-state index < -0.39 is 0 Å². The highest BCUT2D eigenvalue weighted by Gasteiger charge is 2.24. The van der Waals surface area contributed by atoms with Gasteiger partial charge in [-0.05, 0) is 42.7 Å². The number of hydrogen-bond acceptors (Lipinski definition) is 5. The fraction of sp³-hybridized carbons (Fsp3) is 0.476. The van der Waals surface area contributed by atoms with E-state index in [1.807, 2.05) is 43.5 Å². The van der Waals surface area contributed by atoms with Crippen LogP contribution in [0.5, 0.6) is 11.5 Å². The number of piperazine rings is 1. The standard InChI is InChI=1S/C21H29N3O2/c1-15(2)18-14-19(25)16(3)12-20(18)26-21(24-10-8-22-9-11-24)13-17-6-4-5-7-23-17/h4-7,12,14-15,21-22,25H,8-11,13H2,1-3H3. The molecule has 0 spiro atoms. The second kappa shape index (κ2) is 8.52. The first-order valence-electron chi connectivity index (χ1n) is 9.39. The topological polar surface area (TPSA) is 57.6 Å². The molecule has 1 saturated heterocycles. The number of ether oxygens (including phenoxy) is 1. The minimum atomic E-state index is -0.0755. The minimum Gasteiger partial charge on any atom is -0.508 e. The van der Waals surface area contributed by atoms with Gasteiger partial charge in [0.1, 0.15) is 11.5 Å². The highest BCUT2D eigenvalue weighted by Crippen LogP contribution is 2.34. The van der Waals surface area contributed by atoms with E-state index in [1.54, 1.807) is 0 Å². The third kappa shape index (κ3) is 4.54. The molecule has 0 aliphatic carbocycles. The summed E-state index contributed by atoms with van der Waals surface area (Å²) in [5.74, 6) is 1.45. The molecule has 1 atom stereocenters. The number of phenolic OH excluding ortho intramolecular Hbond substituents is 1. The highest BCUT2D eigenvalue weighted by molar-refractivity contribution is 5.46. The Labute approximate surface area is 156 Å². The molecule has 0 saturated carbocycles. The van der Waals surface area contributed by atoms with Gasteiger partial charge in [-0.15, -0.1) is 0 Å². The molecule has 5 nitrogen and oxygen atoms in total. The number of nitrogens with zero attached hydrogens (tertiary/aromatic N) is 2. The average molecular weight is 355 g/mol. The van der Waals surface area contributed by atoms with E-state index in [-0.39, 0.29) is 12.1 Å². The summed E-state index contributed by atoms with van der Waals surface area (Å²) in [7, 11) is 0. The van der Waals surface area contributed by atoms with Gasteiger partial charge in [-0.1, -0.05) is 19.9 Å². The number of rotatable bonds is 6. The molecule has 5 heteroatoms. The van der Waals surface area contributed by atoms with E-state index >= 15 is 0 Å². The van der Waals surface area contributed by atoms with Crippen molar-refractivity contribution >= 4 is 0 Å². The summed E-state index contributed by atoms with van der Waals surface area (Å²) in [5, 5.41) is 13.5. The number of benzene rings is 1. The van der Waals surface area contributed by atoms with Gasteiger partial charge in [0.25, 0.3) is 0 Å². The molecule has 0 bridgehead atoms. The molecule has 0 amide bonds. The Morgan fingerprint density at radius 1 is 1.23 bits per heavy atom. The van der Waals surface area contributed by atoms with Crippen molar-refractivity contribution in [3.05, 3.63) is 53.3 Å². The SMILES string of the molecule is Cc1cc(OC(Cc2ccccn2)N2CCNCC2)c(C(C)C)cc1O. The van der Waals surface area contributed by atoms with Crippen LogP contribution in [0.1, 0.15) is 36.6 Å². The van der Waals surface area contributed by atoms with Gasteiger partial charge < -0.3 is 15.2 Å². The highest BCUT2D eigenvalue weighted by atomic mass is 16.5. The molecule has 2 heterocycles. The van der Waals surface area contributed by atoms with Crippen molar-refractivity contribution in [1.82, 2.24) is 15.2 Å². The van der Waals surface area contributed by atoms with Gasteiger partial charge in [-0.2, -0.15) is 0 Å². The second-order valence-electron chi connectivity index (χ2n) is 7.21. The Hall–Kier alpha value is -2.11. The molecule has 140 valence electrons. The zero-order valence-electron chi connectivity index (χ0n) is 15.9. The Kier molecular flexibility index (Phi) is 6.12. The van der Waals surface area contributed by atoms with Crippen LogP contribution < -0.4 is 10.1 Å². The predicted molar refractivity (Wildman–Crippen MR) is 104 cm³/mol. The van der Waals surface area contributed by atoms with Crippen LogP contribution in [0.2, 0.25) is 0 Å². The first-order chi connectivity index (χ1) is 12.5. The van der Waals surface area contributed by atoms with Crippen LogP contribution in [0.3, 0.4) is 0 Å². The summed E-state index contributed by atoms with van der Waals surface area (Å²) in [6, 6.07) is 9.79. The molecule has 1 fully saturated rings. The summed E-state index contributed by atoms with van der Waals surface area (Å²) < 4.78 is 6.53. The quantitative estimate of drug-likeness (QED) is 0.834. The van der Waals surface area contributed by atoms with Crippen molar-refractivity contribution in [3.8, 4) is 11.5 Å². The van der Waals surface area contributed by atoms with E-state index in [0.29, 0.717) is 5.75 Å². The van der Waals surface area contributed by atoms with Gasteiger partial charge in [-0.3, -0.25) is 9.88 Å². The summed E-state index contributed by atoms with van der Waals surface area (Å²) in [6.45, 7) is 9.98. The van der Waals surface area contributed by atoms with Crippen LogP contribution in [0, 0.1) is 6.92 Å². The number of phenols is 1. The monoisotopic (exact) mass is 355 g/mol.